The van der Waals surface area contributed by atoms with Gasteiger partial charge in [-0.3, -0.25) is 20.2 Å². The van der Waals surface area contributed by atoms with Crippen molar-refractivity contribution < 1.29 is 24.5 Å². The summed E-state index contributed by atoms with van der Waals surface area (Å²) >= 11 is 5.67. The average molecular weight is 339 g/mol. The first-order chi connectivity index (χ1) is 10.8. The summed E-state index contributed by atoms with van der Waals surface area (Å²) in [6.45, 7) is 0. The van der Waals surface area contributed by atoms with Gasteiger partial charge >= 0.3 is 11.7 Å². The van der Waals surface area contributed by atoms with E-state index in [1.807, 2.05) is 0 Å². The molecule has 1 N–H and O–H groups in total. The van der Waals surface area contributed by atoms with Crippen LogP contribution < -0.4 is 4.74 Å². The van der Waals surface area contributed by atoms with Gasteiger partial charge in [-0.2, -0.15) is 0 Å². The van der Waals surface area contributed by atoms with Crippen molar-refractivity contribution in [3.05, 3.63) is 67.2 Å². The Labute approximate surface area is 133 Å². The number of nitro groups is 2. The van der Waals surface area contributed by atoms with Gasteiger partial charge in [-0.05, 0) is 18.2 Å². The fourth-order valence-corrected chi connectivity index (χ4v) is 1.92. The number of carboxylic acids is 1. The summed E-state index contributed by atoms with van der Waals surface area (Å²) in [5.74, 6) is -1.80. The number of hydrogen-bond donors (Lipinski definition) is 1. The number of carboxylic acid groups (broad SMARTS) is 1. The molecule has 118 valence electrons. The first kappa shape index (κ1) is 16.2. The highest BCUT2D eigenvalue weighted by Crippen LogP contribution is 2.35. The van der Waals surface area contributed by atoms with Crippen LogP contribution in [0.25, 0.3) is 0 Å². The minimum absolute atomic E-state index is 0.0987. The minimum atomic E-state index is -1.52. The normalized spacial score (nSPS) is 10.1. The van der Waals surface area contributed by atoms with Gasteiger partial charge in [-0.25, -0.2) is 4.79 Å². The Bertz CT molecular complexity index is 822. The molecule has 0 heterocycles. The summed E-state index contributed by atoms with van der Waals surface area (Å²) in [5.41, 5.74) is -1.63. The van der Waals surface area contributed by atoms with Gasteiger partial charge in [0, 0.05) is 23.2 Å². The molecule has 0 saturated carbocycles. The lowest BCUT2D eigenvalue weighted by Gasteiger charge is -2.07. The molecule has 0 spiro atoms. The van der Waals surface area contributed by atoms with E-state index in [1.165, 1.54) is 12.1 Å². The molecule has 2 aromatic rings. The molecule has 0 aliphatic carbocycles. The fraction of sp³-hybridized carbons (Fsp3) is 0. The second-order valence-electron chi connectivity index (χ2n) is 4.21. The molecule has 0 amide bonds. The van der Waals surface area contributed by atoms with Crippen LogP contribution in [0.3, 0.4) is 0 Å². The molecular formula is C13H7ClN2O7. The van der Waals surface area contributed by atoms with Crippen molar-refractivity contribution in [1.29, 1.82) is 0 Å². The largest absolute Gasteiger partial charge is 0.477 e. The van der Waals surface area contributed by atoms with Crippen molar-refractivity contribution in [3.8, 4) is 11.5 Å². The summed E-state index contributed by atoms with van der Waals surface area (Å²) in [4.78, 5) is 31.2. The number of rotatable bonds is 5. The van der Waals surface area contributed by atoms with Crippen LogP contribution in [0.4, 0.5) is 11.4 Å². The predicted molar refractivity (Wildman–Crippen MR) is 78.2 cm³/mol. The van der Waals surface area contributed by atoms with Crippen molar-refractivity contribution in [2.45, 2.75) is 0 Å². The quantitative estimate of drug-likeness (QED) is 0.649. The number of ether oxygens (including phenoxy) is 1. The maximum Gasteiger partial charge on any atom is 0.342 e. The number of nitro benzene ring substituents is 2. The standard InChI is InChI=1S/C13H7ClN2O7/c14-7-1-4-12(11(5-7)16(21)22)23-8-2-3-10(15(19)20)9(6-8)13(17)18/h1-6H,(H,17,18). The predicted octanol–water partition coefficient (Wildman–Crippen LogP) is 3.65. The average Bonchev–Trinajstić information content (AvgIpc) is 2.48. The molecule has 0 radical (unpaired) electrons. The number of benzene rings is 2. The third kappa shape index (κ3) is 3.52. The first-order valence-corrected chi connectivity index (χ1v) is 6.31. The monoisotopic (exact) mass is 338 g/mol. The number of nitrogens with zero attached hydrogens (tertiary/aromatic N) is 2. The maximum atomic E-state index is 11.1. The molecule has 0 saturated heterocycles. The third-order valence-electron chi connectivity index (χ3n) is 2.74. The van der Waals surface area contributed by atoms with Gasteiger partial charge < -0.3 is 9.84 Å². The molecule has 0 atom stereocenters. The second-order valence-corrected chi connectivity index (χ2v) is 4.65. The van der Waals surface area contributed by atoms with Crippen LogP contribution >= 0.6 is 11.6 Å². The van der Waals surface area contributed by atoms with Gasteiger partial charge in [-0.15, -0.1) is 0 Å². The highest BCUT2D eigenvalue weighted by Gasteiger charge is 2.22. The zero-order valence-electron chi connectivity index (χ0n) is 11.1. The van der Waals surface area contributed by atoms with E-state index >= 15 is 0 Å². The molecule has 0 fully saturated rings. The van der Waals surface area contributed by atoms with Crippen molar-refractivity contribution in [2.75, 3.05) is 0 Å². The molecule has 23 heavy (non-hydrogen) atoms. The number of halogens is 1. The summed E-state index contributed by atoms with van der Waals surface area (Å²) in [6.07, 6.45) is 0. The third-order valence-corrected chi connectivity index (χ3v) is 2.98. The van der Waals surface area contributed by atoms with Gasteiger partial charge in [0.15, 0.2) is 0 Å². The summed E-state index contributed by atoms with van der Waals surface area (Å²) < 4.78 is 5.27. The van der Waals surface area contributed by atoms with E-state index in [0.29, 0.717) is 0 Å². The van der Waals surface area contributed by atoms with Crippen LogP contribution in [-0.4, -0.2) is 20.9 Å². The van der Waals surface area contributed by atoms with Crippen LogP contribution in [0, 0.1) is 20.2 Å². The SMILES string of the molecule is O=C(O)c1cc(Oc2ccc(Cl)cc2[N+](=O)[O-])ccc1[N+](=O)[O-]. The van der Waals surface area contributed by atoms with Crippen molar-refractivity contribution in [2.24, 2.45) is 0 Å². The number of carbonyl (C=O) groups is 1. The first-order valence-electron chi connectivity index (χ1n) is 5.93. The Hall–Kier alpha value is -3.20. The molecule has 2 aromatic carbocycles. The smallest absolute Gasteiger partial charge is 0.342 e. The highest BCUT2D eigenvalue weighted by atomic mass is 35.5. The minimum Gasteiger partial charge on any atom is -0.477 e. The van der Waals surface area contributed by atoms with Gasteiger partial charge in [0.25, 0.3) is 5.69 Å². The molecule has 10 heteroatoms. The Kier molecular flexibility index (Phi) is 4.42. The van der Waals surface area contributed by atoms with Crippen molar-refractivity contribution in [3.63, 3.8) is 0 Å². The van der Waals surface area contributed by atoms with E-state index in [4.69, 9.17) is 21.4 Å². The zero-order chi connectivity index (χ0) is 17.1. The number of aromatic carboxylic acids is 1. The van der Waals surface area contributed by atoms with Crippen molar-refractivity contribution in [1.82, 2.24) is 0 Å². The lowest BCUT2D eigenvalue weighted by Crippen LogP contribution is -2.03. The Morgan fingerprint density at radius 2 is 1.70 bits per heavy atom. The van der Waals surface area contributed by atoms with Crippen LogP contribution in [-0.2, 0) is 0 Å². The van der Waals surface area contributed by atoms with E-state index in [1.54, 1.807) is 0 Å². The number of hydrogen-bond acceptors (Lipinski definition) is 6. The molecule has 0 unspecified atom stereocenters. The summed E-state index contributed by atoms with van der Waals surface area (Å²) in [5, 5.41) is 30.9. The van der Waals surface area contributed by atoms with E-state index in [2.05, 4.69) is 0 Å². The van der Waals surface area contributed by atoms with Gasteiger partial charge in [0.1, 0.15) is 11.3 Å². The Balaban J connectivity index is 2.46. The Morgan fingerprint density at radius 1 is 1.04 bits per heavy atom. The van der Waals surface area contributed by atoms with Gasteiger partial charge in [0.2, 0.25) is 5.75 Å². The van der Waals surface area contributed by atoms with E-state index < -0.39 is 32.8 Å². The summed E-state index contributed by atoms with van der Waals surface area (Å²) in [7, 11) is 0. The molecule has 0 aliphatic rings. The van der Waals surface area contributed by atoms with E-state index in [-0.39, 0.29) is 16.5 Å². The molecular weight excluding hydrogens is 332 g/mol. The second kappa shape index (κ2) is 6.28. The molecule has 2 rings (SSSR count). The lowest BCUT2D eigenvalue weighted by atomic mass is 10.1. The molecule has 0 bridgehead atoms. The van der Waals surface area contributed by atoms with Gasteiger partial charge in [-0.1, -0.05) is 11.6 Å². The fourth-order valence-electron chi connectivity index (χ4n) is 1.76. The highest BCUT2D eigenvalue weighted by molar-refractivity contribution is 6.30. The van der Waals surface area contributed by atoms with E-state index in [9.17, 15) is 25.0 Å². The van der Waals surface area contributed by atoms with Crippen LogP contribution in [0.5, 0.6) is 11.5 Å². The van der Waals surface area contributed by atoms with Crippen LogP contribution in [0.2, 0.25) is 5.02 Å². The topological polar surface area (TPSA) is 133 Å². The molecule has 0 aliphatic heterocycles. The van der Waals surface area contributed by atoms with Gasteiger partial charge in [0.05, 0.1) is 9.85 Å². The molecule has 9 nitrogen and oxygen atoms in total. The maximum absolute atomic E-state index is 11.1. The van der Waals surface area contributed by atoms with Crippen molar-refractivity contribution >= 4 is 28.9 Å². The van der Waals surface area contributed by atoms with E-state index in [0.717, 1.165) is 24.3 Å². The van der Waals surface area contributed by atoms with Crippen LogP contribution in [0.15, 0.2) is 36.4 Å². The molecule has 0 aromatic heterocycles. The summed E-state index contributed by atoms with van der Waals surface area (Å²) in [6, 6.07) is 6.67. The Morgan fingerprint density at radius 3 is 2.26 bits per heavy atom. The lowest BCUT2D eigenvalue weighted by molar-refractivity contribution is -0.385. The zero-order valence-corrected chi connectivity index (χ0v) is 11.9. The van der Waals surface area contributed by atoms with Crippen LogP contribution in [0.1, 0.15) is 10.4 Å².